The van der Waals surface area contributed by atoms with Crippen LogP contribution in [0.4, 0.5) is 5.82 Å². The van der Waals surface area contributed by atoms with Gasteiger partial charge in [-0.15, -0.1) is 0 Å². The Morgan fingerprint density at radius 3 is 2.86 bits per heavy atom. The fraction of sp³-hybridized carbons (Fsp3) is 0.533. The minimum absolute atomic E-state index is 0.459. The molecule has 0 saturated carbocycles. The summed E-state index contributed by atoms with van der Waals surface area (Å²) in [6.45, 7) is 4.20. The van der Waals surface area contributed by atoms with Crippen molar-refractivity contribution in [2.75, 3.05) is 32.1 Å². The van der Waals surface area contributed by atoms with Gasteiger partial charge in [0.15, 0.2) is 0 Å². The maximum atomic E-state index is 5.12. The topological polar surface area (TPSA) is 68.1 Å². The Kier molecular flexibility index (Phi) is 4.85. The van der Waals surface area contributed by atoms with Gasteiger partial charge in [-0.3, -0.25) is 4.68 Å². The number of ether oxygens (including phenoxy) is 1. The molecule has 0 aromatic carbocycles. The highest BCUT2D eigenvalue weighted by atomic mass is 16.5. The zero-order chi connectivity index (χ0) is 15.2. The Hall–Kier alpha value is -2.15. The van der Waals surface area contributed by atoms with Gasteiger partial charge in [0.1, 0.15) is 12.1 Å². The second-order valence-electron chi connectivity index (χ2n) is 5.47. The fourth-order valence-corrected chi connectivity index (χ4v) is 2.72. The van der Waals surface area contributed by atoms with Crippen LogP contribution in [-0.4, -0.2) is 57.4 Å². The lowest BCUT2D eigenvalue weighted by atomic mass is 10.1. The number of nitrogens with zero attached hydrogens (tertiary/aromatic N) is 5. The molecule has 1 N–H and O–H groups in total. The van der Waals surface area contributed by atoms with Crippen LogP contribution in [0.5, 0.6) is 5.88 Å². The van der Waals surface area contributed by atoms with Gasteiger partial charge in [-0.05, 0) is 18.9 Å². The zero-order valence-electron chi connectivity index (χ0n) is 12.9. The van der Waals surface area contributed by atoms with E-state index >= 15 is 0 Å². The summed E-state index contributed by atoms with van der Waals surface area (Å²) in [7, 11) is 1.62. The Bertz CT molecular complexity index is 565. The molecule has 7 heteroatoms. The SMILES string of the molecule is COc1cc(NC2CCN(CCn3cccn3)CC2)ncn1. The Balaban J connectivity index is 1.43. The van der Waals surface area contributed by atoms with Crippen molar-refractivity contribution >= 4 is 5.82 Å². The standard InChI is InChI=1S/C15H22N6O/c1-22-15-11-14(16-12-17-15)19-13-3-7-20(8-4-13)9-10-21-6-2-5-18-21/h2,5-6,11-13H,3-4,7-10H2,1H3,(H,16,17,19). The second-order valence-corrected chi connectivity index (χ2v) is 5.47. The third-order valence-electron chi connectivity index (χ3n) is 4.00. The number of methoxy groups -OCH3 is 1. The average Bonchev–Trinajstić information content (AvgIpc) is 3.08. The molecule has 0 amide bonds. The molecule has 3 rings (SSSR count). The van der Waals surface area contributed by atoms with Gasteiger partial charge >= 0.3 is 0 Å². The predicted octanol–water partition coefficient (Wildman–Crippen LogP) is 1.26. The van der Waals surface area contributed by atoms with Gasteiger partial charge in [-0.25, -0.2) is 9.97 Å². The van der Waals surface area contributed by atoms with Crippen molar-refractivity contribution in [2.45, 2.75) is 25.4 Å². The number of hydrogen-bond acceptors (Lipinski definition) is 6. The average molecular weight is 302 g/mol. The minimum Gasteiger partial charge on any atom is -0.481 e. The molecule has 0 bridgehead atoms. The lowest BCUT2D eigenvalue weighted by Crippen LogP contribution is -2.40. The smallest absolute Gasteiger partial charge is 0.218 e. The van der Waals surface area contributed by atoms with Crippen molar-refractivity contribution in [1.82, 2.24) is 24.6 Å². The van der Waals surface area contributed by atoms with Crippen LogP contribution in [0.15, 0.2) is 30.9 Å². The van der Waals surface area contributed by atoms with E-state index in [1.165, 1.54) is 6.33 Å². The van der Waals surface area contributed by atoms with Gasteiger partial charge < -0.3 is 15.0 Å². The molecule has 1 aliphatic heterocycles. The van der Waals surface area contributed by atoms with E-state index in [2.05, 4.69) is 25.3 Å². The molecule has 0 unspecified atom stereocenters. The van der Waals surface area contributed by atoms with Gasteiger partial charge in [-0.2, -0.15) is 5.10 Å². The van der Waals surface area contributed by atoms with E-state index in [9.17, 15) is 0 Å². The maximum Gasteiger partial charge on any atom is 0.218 e. The van der Waals surface area contributed by atoms with E-state index < -0.39 is 0 Å². The van der Waals surface area contributed by atoms with Crippen molar-refractivity contribution in [3.8, 4) is 5.88 Å². The molecular weight excluding hydrogens is 280 g/mol. The first-order valence-electron chi connectivity index (χ1n) is 7.66. The highest BCUT2D eigenvalue weighted by molar-refractivity contribution is 5.38. The monoisotopic (exact) mass is 302 g/mol. The van der Waals surface area contributed by atoms with Crippen LogP contribution in [0.1, 0.15) is 12.8 Å². The molecule has 2 aromatic heterocycles. The highest BCUT2D eigenvalue weighted by Gasteiger charge is 2.19. The lowest BCUT2D eigenvalue weighted by Gasteiger charge is -2.32. The zero-order valence-corrected chi connectivity index (χ0v) is 12.9. The molecule has 0 spiro atoms. The summed E-state index contributed by atoms with van der Waals surface area (Å²) in [6.07, 6.45) is 7.60. The molecule has 2 aromatic rings. The van der Waals surface area contributed by atoms with E-state index in [0.717, 1.165) is 44.8 Å². The predicted molar refractivity (Wildman–Crippen MR) is 83.9 cm³/mol. The van der Waals surface area contributed by atoms with E-state index in [1.807, 2.05) is 29.2 Å². The number of aromatic nitrogens is 4. The van der Waals surface area contributed by atoms with Gasteiger partial charge in [0, 0.05) is 44.1 Å². The normalized spacial score (nSPS) is 16.6. The van der Waals surface area contributed by atoms with Gasteiger partial charge in [0.05, 0.1) is 13.7 Å². The number of likely N-dealkylation sites (tertiary alicyclic amines) is 1. The Morgan fingerprint density at radius 2 is 2.14 bits per heavy atom. The molecule has 0 atom stereocenters. The van der Waals surface area contributed by atoms with Crippen molar-refractivity contribution in [3.63, 3.8) is 0 Å². The number of anilines is 1. The molecular formula is C15H22N6O. The molecule has 1 aliphatic rings. The van der Waals surface area contributed by atoms with E-state index in [0.29, 0.717) is 11.9 Å². The van der Waals surface area contributed by atoms with Gasteiger partial charge in [0.2, 0.25) is 5.88 Å². The second kappa shape index (κ2) is 7.22. The van der Waals surface area contributed by atoms with Crippen molar-refractivity contribution < 1.29 is 4.74 Å². The Labute approximate surface area is 130 Å². The fourth-order valence-electron chi connectivity index (χ4n) is 2.72. The largest absolute Gasteiger partial charge is 0.481 e. The van der Waals surface area contributed by atoms with Crippen molar-refractivity contribution in [2.24, 2.45) is 0 Å². The lowest BCUT2D eigenvalue weighted by molar-refractivity contribution is 0.209. The number of piperidine rings is 1. The van der Waals surface area contributed by atoms with Crippen molar-refractivity contribution in [1.29, 1.82) is 0 Å². The maximum absolute atomic E-state index is 5.12. The summed E-state index contributed by atoms with van der Waals surface area (Å²) in [5.41, 5.74) is 0. The van der Waals surface area contributed by atoms with Crippen LogP contribution in [0.3, 0.4) is 0 Å². The number of nitrogens with one attached hydrogen (secondary N) is 1. The van der Waals surface area contributed by atoms with Crippen LogP contribution < -0.4 is 10.1 Å². The molecule has 7 nitrogen and oxygen atoms in total. The third-order valence-corrected chi connectivity index (χ3v) is 4.00. The molecule has 0 radical (unpaired) electrons. The van der Waals surface area contributed by atoms with Gasteiger partial charge in [0.25, 0.3) is 0 Å². The summed E-state index contributed by atoms with van der Waals surface area (Å²) >= 11 is 0. The van der Waals surface area contributed by atoms with Crippen LogP contribution in [0.2, 0.25) is 0 Å². The molecule has 1 fully saturated rings. The third kappa shape index (κ3) is 3.94. The Morgan fingerprint density at radius 1 is 1.27 bits per heavy atom. The molecule has 0 aliphatic carbocycles. The first-order valence-corrected chi connectivity index (χ1v) is 7.66. The quantitative estimate of drug-likeness (QED) is 0.866. The van der Waals surface area contributed by atoms with E-state index in [4.69, 9.17) is 4.74 Å². The summed E-state index contributed by atoms with van der Waals surface area (Å²) in [5.74, 6) is 1.43. The van der Waals surface area contributed by atoms with E-state index in [-0.39, 0.29) is 0 Å². The summed E-state index contributed by atoms with van der Waals surface area (Å²) in [5, 5.41) is 7.71. The number of hydrogen-bond donors (Lipinski definition) is 1. The summed E-state index contributed by atoms with van der Waals surface area (Å²) in [6, 6.07) is 4.26. The first-order chi connectivity index (χ1) is 10.8. The molecule has 22 heavy (non-hydrogen) atoms. The van der Waals surface area contributed by atoms with Gasteiger partial charge in [-0.1, -0.05) is 0 Å². The highest BCUT2D eigenvalue weighted by Crippen LogP contribution is 2.17. The van der Waals surface area contributed by atoms with Crippen LogP contribution in [0, 0.1) is 0 Å². The minimum atomic E-state index is 0.459. The first kappa shape index (κ1) is 14.8. The summed E-state index contributed by atoms with van der Waals surface area (Å²) in [4.78, 5) is 10.8. The molecule has 1 saturated heterocycles. The molecule has 3 heterocycles. The summed E-state index contributed by atoms with van der Waals surface area (Å²) < 4.78 is 7.10. The van der Waals surface area contributed by atoms with Crippen LogP contribution >= 0.6 is 0 Å². The molecule has 118 valence electrons. The van der Waals surface area contributed by atoms with Crippen LogP contribution in [-0.2, 0) is 6.54 Å². The van der Waals surface area contributed by atoms with Crippen LogP contribution in [0.25, 0.3) is 0 Å². The number of rotatable bonds is 6. The van der Waals surface area contributed by atoms with Crippen molar-refractivity contribution in [3.05, 3.63) is 30.9 Å². The van der Waals surface area contributed by atoms with E-state index in [1.54, 1.807) is 7.11 Å².